The molecule has 0 saturated carbocycles. The SMILES string of the molecule is CC(CC(F)(F)F)NCCCCCO. The first-order valence-corrected chi connectivity index (χ1v) is 4.86. The Bertz CT molecular complexity index is 139. The number of rotatable bonds is 7. The average molecular weight is 213 g/mol. The maximum Gasteiger partial charge on any atom is 0.390 e. The molecule has 0 saturated heterocycles. The Morgan fingerprint density at radius 2 is 1.86 bits per heavy atom. The molecule has 0 aromatic carbocycles. The Balaban J connectivity index is 3.31. The maximum atomic E-state index is 11.9. The van der Waals surface area contributed by atoms with Crippen LogP contribution in [0, 0.1) is 0 Å². The smallest absolute Gasteiger partial charge is 0.390 e. The van der Waals surface area contributed by atoms with E-state index < -0.39 is 18.6 Å². The van der Waals surface area contributed by atoms with E-state index in [1.54, 1.807) is 0 Å². The number of halogens is 3. The molecule has 86 valence electrons. The number of aliphatic hydroxyl groups is 1. The van der Waals surface area contributed by atoms with E-state index in [0.29, 0.717) is 6.54 Å². The third kappa shape index (κ3) is 9.80. The second-order valence-electron chi connectivity index (χ2n) is 3.46. The lowest BCUT2D eigenvalue weighted by atomic mass is 10.2. The molecular weight excluding hydrogens is 195 g/mol. The van der Waals surface area contributed by atoms with Crippen LogP contribution in [0.4, 0.5) is 13.2 Å². The van der Waals surface area contributed by atoms with E-state index >= 15 is 0 Å². The van der Waals surface area contributed by atoms with Crippen molar-refractivity contribution in [1.29, 1.82) is 0 Å². The summed E-state index contributed by atoms with van der Waals surface area (Å²) in [5.41, 5.74) is 0. The second kappa shape index (κ2) is 7.06. The van der Waals surface area contributed by atoms with Crippen LogP contribution in [-0.2, 0) is 0 Å². The van der Waals surface area contributed by atoms with E-state index in [2.05, 4.69) is 5.32 Å². The van der Waals surface area contributed by atoms with E-state index in [4.69, 9.17) is 5.11 Å². The van der Waals surface area contributed by atoms with Crippen molar-refractivity contribution >= 4 is 0 Å². The van der Waals surface area contributed by atoms with Gasteiger partial charge in [-0.1, -0.05) is 0 Å². The number of unbranched alkanes of at least 4 members (excludes halogenated alkanes) is 2. The summed E-state index contributed by atoms with van der Waals surface area (Å²) >= 11 is 0. The highest BCUT2D eigenvalue weighted by atomic mass is 19.4. The van der Waals surface area contributed by atoms with Crippen molar-refractivity contribution in [2.75, 3.05) is 13.2 Å². The fourth-order valence-corrected chi connectivity index (χ4v) is 1.18. The van der Waals surface area contributed by atoms with E-state index in [9.17, 15) is 13.2 Å². The van der Waals surface area contributed by atoms with Crippen molar-refractivity contribution < 1.29 is 18.3 Å². The van der Waals surface area contributed by atoms with Crippen LogP contribution in [0.15, 0.2) is 0 Å². The zero-order valence-corrected chi connectivity index (χ0v) is 8.40. The molecule has 0 heterocycles. The number of hydrogen-bond donors (Lipinski definition) is 2. The van der Waals surface area contributed by atoms with Gasteiger partial charge in [0.15, 0.2) is 0 Å². The van der Waals surface area contributed by atoms with Crippen molar-refractivity contribution in [2.45, 2.75) is 44.8 Å². The largest absolute Gasteiger partial charge is 0.396 e. The number of hydrogen-bond acceptors (Lipinski definition) is 2. The van der Waals surface area contributed by atoms with E-state index in [0.717, 1.165) is 19.3 Å². The first kappa shape index (κ1) is 13.7. The Morgan fingerprint density at radius 1 is 1.21 bits per heavy atom. The molecule has 0 radical (unpaired) electrons. The molecule has 0 amide bonds. The van der Waals surface area contributed by atoms with Gasteiger partial charge in [0.1, 0.15) is 0 Å². The summed E-state index contributed by atoms with van der Waals surface area (Å²) in [4.78, 5) is 0. The molecule has 0 aliphatic heterocycles. The van der Waals surface area contributed by atoms with Gasteiger partial charge in [-0.05, 0) is 32.7 Å². The summed E-state index contributed by atoms with van der Waals surface area (Å²) in [7, 11) is 0. The van der Waals surface area contributed by atoms with Crippen molar-refractivity contribution in [3.05, 3.63) is 0 Å². The van der Waals surface area contributed by atoms with Crippen molar-refractivity contribution in [3.63, 3.8) is 0 Å². The summed E-state index contributed by atoms with van der Waals surface area (Å²) < 4.78 is 35.6. The van der Waals surface area contributed by atoms with Gasteiger partial charge in [0, 0.05) is 12.6 Å². The van der Waals surface area contributed by atoms with Gasteiger partial charge in [-0.25, -0.2) is 0 Å². The van der Waals surface area contributed by atoms with Gasteiger partial charge >= 0.3 is 6.18 Å². The Kier molecular flexibility index (Phi) is 6.92. The Labute approximate surface area is 82.5 Å². The van der Waals surface area contributed by atoms with Gasteiger partial charge < -0.3 is 10.4 Å². The Morgan fingerprint density at radius 3 is 2.36 bits per heavy atom. The van der Waals surface area contributed by atoms with Gasteiger partial charge in [0.2, 0.25) is 0 Å². The summed E-state index contributed by atoms with van der Waals surface area (Å²) in [5, 5.41) is 11.3. The van der Waals surface area contributed by atoms with Crippen LogP contribution in [0.5, 0.6) is 0 Å². The summed E-state index contributed by atoms with van der Waals surface area (Å²) in [6.07, 6.45) is -2.50. The van der Waals surface area contributed by atoms with E-state index in [-0.39, 0.29) is 6.61 Å². The second-order valence-corrected chi connectivity index (χ2v) is 3.46. The highest BCUT2D eigenvalue weighted by Gasteiger charge is 2.29. The molecule has 0 spiro atoms. The van der Waals surface area contributed by atoms with Crippen LogP contribution in [0.2, 0.25) is 0 Å². The minimum Gasteiger partial charge on any atom is -0.396 e. The van der Waals surface area contributed by atoms with Crippen LogP contribution in [0.25, 0.3) is 0 Å². The zero-order valence-electron chi connectivity index (χ0n) is 8.40. The molecule has 14 heavy (non-hydrogen) atoms. The molecule has 0 aliphatic rings. The molecule has 0 aromatic rings. The average Bonchev–Trinajstić information content (AvgIpc) is 2.00. The topological polar surface area (TPSA) is 32.3 Å². The lowest BCUT2D eigenvalue weighted by Crippen LogP contribution is -2.31. The van der Waals surface area contributed by atoms with Gasteiger partial charge in [-0.15, -0.1) is 0 Å². The predicted octanol–water partition coefficient (Wildman–Crippen LogP) is 2.08. The zero-order chi connectivity index (χ0) is 11.0. The normalized spacial score (nSPS) is 14.4. The van der Waals surface area contributed by atoms with E-state index in [1.807, 2.05) is 0 Å². The molecule has 5 heteroatoms. The lowest BCUT2D eigenvalue weighted by molar-refractivity contribution is -0.139. The fraction of sp³-hybridized carbons (Fsp3) is 1.00. The minimum absolute atomic E-state index is 0.151. The quantitative estimate of drug-likeness (QED) is 0.634. The van der Waals surface area contributed by atoms with Gasteiger partial charge in [-0.2, -0.15) is 13.2 Å². The molecule has 0 fully saturated rings. The van der Waals surface area contributed by atoms with E-state index in [1.165, 1.54) is 6.92 Å². The molecule has 1 unspecified atom stereocenters. The summed E-state index contributed by atoms with van der Waals surface area (Å²) in [6, 6.07) is -0.524. The van der Waals surface area contributed by atoms with Crippen LogP contribution >= 0.6 is 0 Å². The van der Waals surface area contributed by atoms with Crippen LogP contribution < -0.4 is 5.32 Å². The third-order valence-corrected chi connectivity index (χ3v) is 1.87. The highest BCUT2D eigenvalue weighted by Crippen LogP contribution is 2.21. The summed E-state index contributed by atoms with van der Waals surface area (Å²) in [5.74, 6) is 0. The van der Waals surface area contributed by atoms with Crippen molar-refractivity contribution in [3.8, 4) is 0 Å². The van der Waals surface area contributed by atoms with Crippen LogP contribution in [-0.4, -0.2) is 30.5 Å². The number of aliphatic hydroxyl groups excluding tert-OH is 1. The first-order valence-electron chi connectivity index (χ1n) is 4.86. The first-order chi connectivity index (χ1) is 6.45. The van der Waals surface area contributed by atoms with Crippen LogP contribution in [0.1, 0.15) is 32.6 Å². The number of alkyl halides is 3. The van der Waals surface area contributed by atoms with Crippen molar-refractivity contribution in [2.24, 2.45) is 0 Å². The molecule has 0 aliphatic carbocycles. The highest BCUT2D eigenvalue weighted by molar-refractivity contribution is 4.65. The molecule has 0 bridgehead atoms. The molecule has 0 aromatic heterocycles. The molecule has 0 rings (SSSR count). The summed E-state index contributed by atoms with van der Waals surface area (Å²) in [6.45, 7) is 2.26. The van der Waals surface area contributed by atoms with Gasteiger partial charge in [-0.3, -0.25) is 0 Å². The fourth-order valence-electron chi connectivity index (χ4n) is 1.18. The van der Waals surface area contributed by atoms with Gasteiger partial charge in [0.25, 0.3) is 0 Å². The standard InChI is InChI=1S/C9H18F3NO/c1-8(7-9(10,11)12)13-5-3-2-4-6-14/h8,13-14H,2-7H2,1H3. The molecule has 2 nitrogen and oxygen atoms in total. The molecule has 2 N–H and O–H groups in total. The van der Waals surface area contributed by atoms with Gasteiger partial charge in [0.05, 0.1) is 6.42 Å². The van der Waals surface area contributed by atoms with Crippen LogP contribution in [0.3, 0.4) is 0 Å². The Hall–Kier alpha value is -0.290. The minimum atomic E-state index is -4.09. The lowest BCUT2D eigenvalue weighted by Gasteiger charge is -2.15. The van der Waals surface area contributed by atoms with Crippen molar-refractivity contribution in [1.82, 2.24) is 5.32 Å². The molecule has 1 atom stereocenters. The molecular formula is C9H18F3NO. The monoisotopic (exact) mass is 213 g/mol. The number of nitrogens with one attached hydrogen (secondary N) is 1. The maximum absolute atomic E-state index is 11.9. The third-order valence-electron chi connectivity index (χ3n) is 1.87. The predicted molar refractivity (Wildman–Crippen MR) is 49.1 cm³/mol.